The largest absolute Gasteiger partial charge is 0.496 e. The molecule has 5 N–H and O–H groups in total. The second kappa shape index (κ2) is 21.5. The Kier molecular flexibility index (Phi) is 18.2. The Hall–Kier alpha value is -4.74. The van der Waals surface area contributed by atoms with Gasteiger partial charge in [0.1, 0.15) is 11.6 Å². The fraction of sp³-hybridized carbons (Fsp3) is 0.455. The number of anilines is 1. The summed E-state index contributed by atoms with van der Waals surface area (Å²) in [6.07, 6.45) is 1.61. The topological polar surface area (TPSA) is 116 Å². The predicted octanol–water partition coefficient (Wildman–Crippen LogP) is 12.3. The molecule has 1 fully saturated rings. The lowest BCUT2D eigenvalue weighted by molar-refractivity contribution is -0.165. The van der Waals surface area contributed by atoms with E-state index in [4.69, 9.17) is 21.3 Å². The summed E-state index contributed by atoms with van der Waals surface area (Å²) in [5.74, 6) is -3.69. The average Bonchev–Trinajstić information content (AvgIpc) is 3.11. The number of amides is 1. The van der Waals surface area contributed by atoms with E-state index in [9.17, 15) is 35.9 Å². The van der Waals surface area contributed by atoms with Gasteiger partial charge in [-0.3, -0.25) is 9.59 Å². The maximum absolute atomic E-state index is 13.0. The highest BCUT2D eigenvalue weighted by Crippen LogP contribution is 2.56. The number of halogens is 6. The van der Waals surface area contributed by atoms with Crippen LogP contribution in [0.2, 0.25) is 0 Å². The quantitative estimate of drug-likeness (QED) is 0.0976. The minimum atomic E-state index is -3.95. The second-order valence-electron chi connectivity index (χ2n) is 14.2. The summed E-state index contributed by atoms with van der Waals surface area (Å²) in [6.45, 7) is 9.36. The molecule has 1 aliphatic rings. The molecule has 308 valence electrons. The highest BCUT2D eigenvalue weighted by Gasteiger charge is 2.54. The summed E-state index contributed by atoms with van der Waals surface area (Å²) in [5.41, 5.74) is 15.4. The van der Waals surface area contributed by atoms with Gasteiger partial charge in [0.25, 0.3) is 5.91 Å². The zero-order valence-corrected chi connectivity index (χ0v) is 33.2. The molecule has 6 nitrogen and oxygen atoms in total. The predicted molar refractivity (Wildman–Crippen MR) is 213 cm³/mol. The minimum absolute atomic E-state index is 0.000486. The number of unbranched alkanes of at least 4 members (excludes halogenated alkanes) is 1. The van der Waals surface area contributed by atoms with Crippen LogP contribution in [0.25, 0.3) is 21.9 Å². The van der Waals surface area contributed by atoms with Gasteiger partial charge in [-0.15, -0.1) is 0 Å². The Morgan fingerprint density at radius 2 is 1.54 bits per heavy atom. The Balaban J connectivity index is 0.000000292. The molecule has 0 spiro atoms. The molecule has 0 radical (unpaired) electrons. The summed E-state index contributed by atoms with van der Waals surface area (Å²) in [5, 5.41) is 11.2. The van der Waals surface area contributed by atoms with E-state index in [1.165, 1.54) is 18.6 Å². The number of alkyl halides is 5. The minimum Gasteiger partial charge on any atom is -0.496 e. The monoisotopic (exact) mass is 790 g/mol. The normalized spacial score (nSPS) is 13.8. The number of aliphatic carboxylic acids is 1. The van der Waals surface area contributed by atoms with Gasteiger partial charge in [0, 0.05) is 36.9 Å². The van der Waals surface area contributed by atoms with Crippen LogP contribution in [-0.4, -0.2) is 36.2 Å². The number of hydrogen-bond acceptors (Lipinski definition) is 4. The van der Waals surface area contributed by atoms with Crippen LogP contribution in [0.5, 0.6) is 5.75 Å². The molecular formula is C44H56F6N2O4. The summed E-state index contributed by atoms with van der Waals surface area (Å²) in [4.78, 5) is 21.6. The SMILES string of the molecule is CCCC(F)(F)F.CCCCC1(CC)CC(F)(F)C1.CCc1ccc(-c2cccc3c(CCC(=O)O)cccc23)c(OC)c1.Cc1cc(N)cc(F)c1C(N)=O. The number of primary amides is 1. The Morgan fingerprint density at radius 3 is 2.02 bits per heavy atom. The van der Waals surface area contributed by atoms with E-state index in [2.05, 4.69) is 50.2 Å². The maximum Gasteiger partial charge on any atom is 0.389 e. The van der Waals surface area contributed by atoms with Crippen molar-refractivity contribution < 1.29 is 45.8 Å². The van der Waals surface area contributed by atoms with Crippen molar-refractivity contribution >= 4 is 28.3 Å². The number of rotatable bonds is 12. The van der Waals surface area contributed by atoms with Gasteiger partial charge in [0.05, 0.1) is 12.7 Å². The van der Waals surface area contributed by atoms with Crippen LogP contribution in [0.3, 0.4) is 0 Å². The molecule has 0 saturated heterocycles. The molecule has 12 heteroatoms. The van der Waals surface area contributed by atoms with Crippen LogP contribution in [0, 0.1) is 18.2 Å². The van der Waals surface area contributed by atoms with Crippen LogP contribution in [0.1, 0.15) is 113 Å². The van der Waals surface area contributed by atoms with Gasteiger partial charge in [0.2, 0.25) is 5.92 Å². The van der Waals surface area contributed by atoms with Crippen molar-refractivity contribution in [3.63, 3.8) is 0 Å². The number of ether oxygens (including phenoxy) is 1. The van der Waals surface area contributed by atoms with Crippen LogP contribution >= 0.6 is 0 Å². The maximum atomic E-state index is 13.0. The number of nitrogens with two attached hydrogens (primary N) is 2. The molecule has 0 aliphatic heterocycles. The highest BCUT2D eigenvalue weighted by molar-refractivity contribution is 5.99. The number of carbonyl (C=O) groups is 2. The Labute approximate surface area is 326 Å². The molecule has 56 heavy (non-hydrogen) atoms. The van der Waals surface area contributed by atoms with Crippen molar-refractivity contribution in [2.24, 2.45) is 11.1 Å². The highest BCUT2D eigenvalue weighted by atomic mass is 19.4. The number of nitrogen functional groups attached to an aromatic ring is 1. The zero-order valence-electron chi connectivity index (χ0n) is 33.2. The van der Waals surface area contributed by atoms with Gasteiger partial charge in [0.15, 0.2) is 0 Å². The molecule has 0 unspecified atom stereocenters. The van der Waals surface area contributed by atoms with Crippen LogP contribution in [-0.2, 0) is 17.6 Å². The van der Waals surface area contributed by atoms with Gasteiger partial charge in [-0.25, -0.2) is 13.2 Å². The number of carboxylic acids is 1. The van der Waals surface area contributed by atoms with Gasteiger partial charge >= 0.3 is 12.1 Å². The van der Waals surface area contributed by atoms with Crippen molar-refractivity contribution in [2.45, 2.75) is 117 Å². The fourth-order valence-corrected chi connectivity index (χ4v) is 6.81. The molecule has 0 atom stereocenters. The molecule has 5 rings (SSSR count). The van der Waals surface area contributed by atoms with E-state index < -0.39 is 36.2 Å². The number of methoxy groups -OCH3 is 1. The van der Waals surface area contributed by atoms with Crippen LogP contribution in [0.15, 0.2) is 66.7 Å². The van der Waals surface area contributed by atoms with E-state index in [0.717, 1.165) is 71.4 Å². The Bertz CT molecular complexity index is 1860. The average molecular weight is 791 g/mol. The first kappa shape index (κ1) is 47.4. The summed E-state index contributed by atoms with van der Waals surface area (Å²) in [7, 11) is 1.70. The van der Waals surface area contributed by atoms with Crippen molar-refractivity contribution in [1.82, 2.24) is 0 Å². The molecule has 1 amide bonds. The van der Waals surface area contributed by atoms with Crippen molar-refractivity contribution in [3.8, 4) is 16.9 Å². The third-order valence-corrected chi connectivity index (χ3v) is 9.75. The van der Waals surface area contributed by atoms with Crippen LogP contribution < -0.4 is 16.2 Å². The standard InChI is InChI=1S/C22H22O3.C10H18F2.C8H9FN2O.C4H7F3/c1-3-15-10-12-20(21(14-15)25-2)19-9-5-7-17-16(11-13-22(23)24)6-4-8-18(17)19;1-3-5-6-9(4-2)7-10(11,12)8-9;1-4-2-5(10)3-6(9)7(4)8(11)12;1-2-3-4(5,6)7/h4-10,12,14H,3,11,13H2,1-2H3,(H,23,24);3-8H2,1-2H3;2-3H,10H2,1H3,(H2,11,12);2-3H2,1H3. The molecular weight excluding hydrogens is 734 g/mol. The number of benzene rings is 4. The first-order valence-corrected chi connectivity index (χ1v) is 19.0. The lowest BCUT2D eigenvalue weighted by Crippen LogP contribution is -2.45. The second-order valence-corrected chi connectivity index (χ2v) is 14.2. The molecule has 0 bridgehead atoms. The van der Waals surface area contributed by atoms with Gasteiger partial charge in [-0.1, -0.05) is 95.5 Å². The number of carboxylic acid groups (broad SMARTS) is 1. The Morgan fingerprint density at radius 1 is 0.893 bits per heavy atom. The number of fused-ring (bicyclic) bond motifs is 1. The van der Waals surface area contributed by atoms with Gasteiger partial charge < -0.3 is 21.3 Å². The van der Waals surface area contributed by atoms with Crippen LogP contribution in [0.4, 0.5) is 32.0 Å². The first-order valence-electron chi connectivity index (χ1n) is 19.0. The van der Waals surface area contributed by atoms with E-state index in [1.807, 2.05) is 25.1 Å². The number of carbonyl (C=O) groups excluding carboxylic acids is 1. The van der Waals surface area contributed by atoms with Gasteiger partial charge in [-0.05, 0) is 89.2 Å². The first-order chi connectivity index (χ1) is 26.3. The smallest absolute Gasteiger partial charge is 0.389 e. The summed E-state index contributed by atoms with van der Waals surface area (Å²) < 4.78 is 77.1. The third kappa shape index (κ3) is 14.4. The third-order valence-electron chi connectivity index (χ3n) is 9.75. The number of hydrogen-bond donors (Lipinski definition) is 3. The molecule has 1 aliphatic carbocycles. The molecule has 4 aromatic rings. The van der Waals surface area contributed by atoms with E-state index in [-0.39, 0.29) is 42.3 Å². The molecule has 1 saturated carbocycles. The van der Waals surface area contributed by atoms with E-state index >= 15 is 0 Å². The summed E-state index contributed by atoms with van der Waals surface area (Å²) >= 11 is 0. The van der Waals surface area contributed by atoms with Crippen molar-refractivity contribution in [1.29, 1.82) is 0 Å². The molecule has 4 aromatic carbocycles. The lowest BCUT2D eigenvalue weighted by Gasteiger charge is -2.47. The fourth-order valence-electron chi connectivity index (χ4n) is 6.81. The van der Waals surface area contributed by atoms with E-state index in [1.54, 1.807) is 14.0 Å². The summed E-state index contributed by atoms with van der Waals surface area (Å²) in [6, 6.07) is 21.2. The van der Waals surface area contributed by atoms with E-state index in [0.29, 0.717) is 12.0 Å². The zero-order chi connectivity index (χ0) is 42.3. The number of aryl methyl sites for hydroxylation is 3. The van der Waals surface area contributed by atoms with Gasteiger partial charge in [-0.2, -0.15) is 13.2 Å². The molecule has 0 heterocycles. The molecule has 0 aromatic heterocycles. The van der Waals surface area contributed by atoms with Crippen molar-refractivity contribution in [3.05, 3.63) is 94.8 Å². The lowest BCUT2D eigenvalue weighted by atomic mass is 9.62. The van der Waals surface area contributed by atoms with Crippen molar-refractivity contribution in [2.75, 3.05) is 12.8 Å².